The van der Waals surface area contributed by atoms with Gasteiger partial charge in [0.15, 0.2) is 0 Å². The molecule has 0 unspecified atom stereocenters. The topological polar surface area (TPSA) is 99.7 Å². The number of amides is 2. The van der Waals surface area contributed by atoms with Crippen LogP contribution in [0.4, 0.5) is 20.4 Å². The molecule has 1 fully saturated rings. The van der Waals surface area contributed by atoms with Gasteiger partial charge in [-0.2, -0.15) is 8.78 Å². The maximum absolute atomic E-state index is 12.8. The summed E-state index contributed by atoms with van der Waals surface area (Å²) in [6.45, 7) is 2.71. The molecule has 0 radical (unpaired) electrons. The van der Waals surface area contributed by atoms with Crippen LogP contribution < -0.4 is 20.3 Å². The molecule has 1 saturated heterocycles. The van der Waals surface area contributed by atoms with Crippen molar-refractivity contribution in [3.05, 3.63) is 66.0 Å². The van der Waals surface area contributed by atoms with Gasteiger partial charge >= 0.3 is 6.61 Å². The highest BCUT2D eigenvalue weighted by atomic mass is 19.3. The minimum Gasteiger partial charge on any atom is -0.434 e. The van der Waals surface area contributed by atoms with Crippen molar-refractivity contribution in [1.29, 1.82) is 0 Å². The summed E-state index contributed by atoms with van der Waals surface area (Å²) >= 11 is 0. The molecule has 1 atom stereocenters. The van der Waals surface area contributed by atoms with E-state index in [9.17, 15) is 18.4 Å². The Labute approximate surface area is 219 Å². The van der Waals surface area contributed by atoms with Gasteiger partial charge in [-0.3, -0.25) is 9.59 Å². The molecular formula is C27H30F2N6O3. The van der Waals surface area contributed by atoms with Gasteiger partial charge in [0, 0.05) is 75.4 Å². The fourth-order valence-electron chi connectivity index (χ4n) is 4.49. The number of piperazine rings is 1. The monoisotopic (exact) mass is 524 g/mol. The zero-order valence-electron chi connectivity index (χ0n) is 21.4. The maximum Gasteiger partial charge on any atom is 0.387 e. The van der Waals surface area contributed by atoms with Crippen molar-refractivity contribution >= 4 is 23.5 Å². The summed E-state index contributed by atoms with van der Waals surface area (Å²) in [7, 11) is 1.54. The molecule has 0 aliphatic carbocycles. The average Bonchev–Trinajstić information content (AvgIpc) is 2.91. The van der Waals surface area contributed by atoms with E-state index in [2.05, 4.69) is 30.2 Å². The third kappa shape index (κ3) is 6.16. The van der Waals surface area contributed by atoms with Crippen molar-refractivity contribution in [1.82, 2.24) is 20.2 Å². The van der Waals surface area contributed by atoms with Crippen molar-refractivity contribution in [2.75, 3.05) is 36.9 Å². The Morgan fingerprint density at radius 3 is 2.50 bits per heavy atom. The van der Waals surface area contributed by atoms with Crippen LogP contribution >= 0.6 is 0 Å². The van der Waals surface area contributed by atoms with Gasteiger partial charge in [0.25, 0.3) is 5.91 Å². The van der Waals surface area contributed by atoms with Crippen LogP contribution in [0, 0.1) is 0 Å². The molecule has 11 heteroatoms. The van der Waals surface area contributed by atoms with Gasteiger partial charge in [-0.25, -0.2) is 9.97 Å². The summed E-state index contributed by atoms with van der Waals surface area (Å²) in [5.74, 6) is 0.416. The molecule has 4 rings (SSSR count). The molecular weight excluding hydrogens is 494 g/mol. The van der Waals surface area contributed by atoms with Gasteiger partial charge in [-0.05, 0) is 30.7 Å². The van der Waals surface area contributed by atoms with Gasteiger partial charge in [0.1, 0.15) is 5.75 Å². The summed E-state index contributed by atoms with van der Waals surface area (Å²) in [6.07, 6.45) is 3.43. The van der Waals surface area contributed by atoms with E-state index in [1.165, 1.54) is 13.1 Å². The maximum atomic E-state index is 12.8. The van der Waals surface area contributed by atoms with Crippen LogP contribution in [-0.2, 0) is 11.3 Å². The third-order valence-corrected chi connectivity index (χ3v) is 6.44. The summed E-state index contributed by atoms with van der Waals surface area (Å²) in [4.78, 5) is 37.2. The standard InChI is InChI=1S/C27H30F2N6O3/c1-17-16-34(10-11-35(17)18(2)36)27-32-14-21(15-33-27)19-8-9-22(25(37)30-3)23(12-19)31-13-20-6-4-5-7-24(20)38-26(28)29/h4-9,12,14-15,17,26,31H,10-11,13,16H2,1-3H3,(H,30,37)/t17-/m1/s1. The molecule has 9 nitrogen and oxygen atoms in total. The molecule has 1 aromatic heterocycles. The van der Waals surface area contributed by atoms with Gasteiger partial charge in [0.05, 0.1) is 5.56 Å². The number of nitrogens with zero attached hydrogens (tertiary/aromatic N) is 4. The number of ether oxygens (including phenoxy) is 1. The molecule has 1 aliphatic rings. The first-order chi connectivity index (χ1) is 18.3. The van der Waals surface area contributed by atoms with E-state index in [0.717, 1.165) is 11.1 Å². The number of hydrogen-bond acceptors (Lipinski definition) is 7. The molecule has 2 aromatic carbocycles. The second-order valence-corrected chi connectivity index (χ2v) is 8.96. The first kappa shape index (κ1) is 26.8. The number of aromatic nitrogens is 2. The molecule has 2 heterocycles. The van der Waals surface area contributed by atoms with Crippen molar-refractivity contribution in [2.24, 2.45) is 0 Å². The number of para-hydroxylation sites is 1. The Kier molecular flexibility index (Phi) is 8.35. The highest BCUT2D eigenvalue weighted by Crippen LogP contribution is 2.28. The molecule has 38 heavy (non-hydrogen) atoms. The van der Waals surface area contributed by atoms with Gasteiger partial charge < -0.3 is 25.2 Å². The Morgan fingerprint density at radius 2 is 1.84 bits per heavy atom. The molecule has 2 N–H and O–H groups in total. The van der Waals surface area contributed by atoms with E-state index in [4.69, 9.17) is 0 Å². The number of nitrogens with one attached hydrogen (secondary N) is 2. The molecule has 2 amide bonds. The predicted octanol–water partition coefficient (Wildman–Crippen LogP) is 3.77. The molecule has 0 spiro atoms. The van der Waals surface area contributed by atoms with E-state index in [1.54, 1.807) is 55.7 Å². The quantitative estimate of drug-likeness (QED) is 0.463. The van der Waals surface area contributed by atoms with Crippen LogP contribution in [0.2, 0.25) is 0 Å². The molecule has 0 saturated carbocycles. The van der Waals surface area contributed by atoms with Crippen molar-refractivity contribution in [2.45, 2.75) is 33.0 Å². The zero-order valence-corrected chi connectivity index (χ0v) is 21.4. The van der Waals surface area contributed by atoms with Gasteiger partial charge in [-0.15, -0.1) is 0 Å². The van der Waals surface area contributed by atoms with Crippen molar-refractivity contribution < 1.29 is 23.1 Å². The lowest BCUT2D eigenvalue weighted by molar-refractivity contribution is -0.131. The summed E-state index contributed by atoms with van der Waals surface area (Å²) in [6, 6.07) is 11.8. The van der Waals surface area contributed by atoms with E-state index < -0.39 is 6.61 Å². The molecule has 200 valence electrons. The first-order valence-corrected chi connectivity index (χ1v) is 12.2. The van der Waals surface area contributed by atoms with E-state index in [1.807, 2.05) is 11.8 Å². The number of halogens is 2. The predicted molar refractivity (Wildman–Crippen MR) is 140 cm³/mol. The lowest BCUT2D eigenvalue weighted by atomic mass is 10.0. The summed E-state index contributed by atoms with van der Waals surface area (Å²) in [5.41, 5.74) is 2.97. The zero-order chi connectivity index (χ0) is 27.2. The van der Waals surface area contributed by atoms with Gasteiger partial charge in [-0.1, -0.05) is 24.3 Å². The second-order valence-electron chi connectivity index (χ2n) is 8.96. The summed E-state index contributed by atoms with van der Waals surface area (Å²) < 4.78 is 30.2. The minimum atomic E-state index is -2.94. The fourth-order valence-corrected chi connectivity index (χ4v) is 4.49. The van der Waals surface area contributed by atoms with Crippen molar-refractivity contribution in [3.8, 4) is 16.9 Å². The van der Waals surface area contributed by atoms with Crippen LogP contribution in [-0.4, -0.2) is 66.0 Å². The second kappa shape index (κ2) is 11.8. The number of alkyl halides is 2. The highest BCUT2D eigenvalue weighted by molar-refractivity contribution is 6.00. The molecule has 3 aromatic rings. The Bertz CT molecular complexity index is 1290. The van der Waals surface area contributed by atoms with E-state index >= 15 is 0 Å². The SMILES string of the molecule is CNC(=O)c1ccc(-c2cnc(N3CCN(C(C)=O)[C@H](C)C3)nc2)cc1NCc1ccccc1OC(F)F. The Morgan fingerprint density at radius 1 is 1.11 bits per heavy atom. The third-order valence-electron chi connectivity index (χ3n) is 6.44. The Balaban J connectivity index is 1.54. The number of rotatable bonds is 8. The summed E-state index contributed by atoms with van der Waals surface area (Å²) in [5, 5.41) is 5.80. The van der Waals surface area contributed by atoms with Crippen LogP contribution in [0.5, 0.6) is 5.75 Å². The lowest BCUT2D eigenvalue weighted by Gasteiger charge is -2.39. The smallest absolute Gasteiger partial charge is 0.387 e. The minimum absolute atomic E-state index is 0.0584. The molecule has 0 bridgehead atoms. The average molecular weight is 525 g/mol. The van der Waals surface area contributed by atoms with E-state index in [0.29, 0.717) is 42.4 Å². The number of hydrogen-bond donors (Lipinski definition) is 2. The van der Waals surface area contributed by atoms with E-state index in [-0.39, 0.29) is 30.2 Å². The lowest BCUT2D eigenvalue weighted by Crippen LogP contribution is -2.53. The largest absolute Gasteiger partial charge is 0.434 e. The highest BCUT2D eigenvalue weighted by Gasteiger charge is 2.26. The normalized spacial score (nSPS) is 15.4. The number of carbonyl (C=O) groups excluding carboxylic acids is 2. The fraction of sp³-hybridized carbons (Fsp3) is 0.333. The van der Waals surface area contributed by atoms with Crippen molar-refractivity contribution in [3.63, 3.8) is 0 Å². The van der Waals surface area contributed by atoms with Crippen LogP contribution in [0.1, 0.15) is 29.8 Å². The number of anilines is 2. The van der Waals surface area contributed by atoms with Crippen LogP contribution in [0.15, 0.2) is 54.9 Å². The number of benzene rings is 2. The van der Waals surface area contributed by atoms with Crippen LogP contribution in [0.25, 0.3) is 11.1 Å². The van der Waals surface area contributed by atoms with Gasteiger partial charge in [0.2, 0.25) is 11.9 Å². The number of carbonyl (C=O) groups is 2. The van der Waals surface area contributed by atoms with Crippen LogP contribution in [0.3, 0.4) is 0 Å². The molecule has 1 aliphatic heterocycles. The first-order valence-electron chi connectivity index (χ1n) is 12.2. The Hall–Kier alpha value is -4.28.